The molecule has 0 amide bonds. The van der Waals surface area contributed by atoms with Crippen LogP contribution >= 0.6 is 12.4 Å². The summed E-state index contributed by atoms with van der Waals surface area (Å²) in [5, 5.41) is 2.69. The van der Waals surface area contributed by atoms with E-state index in [1.165, 1.54) is 12.1 Å². The van der Waals surface area contributed by atoms with Gasteiger partial charge in [0.15, 0.2) is 17.5 Å². The molecule has 0 fully saturated rings. The van der Waals surface area contributed by atoms with E-state index < -0.39 is 11.7 Å². The molecule has 150 valence electrons. The van der Waals surface area contributed by atoms with Crippen molar-refractivity contribution in [2.24, 2.45) is 21.5 Å². The maximum absolute atomic E-state index is 12.8. The van der Waals surface area contributed by atoms with E-state index in [4.69, 9.17) is 20.9 Å². The third kappa shape index (κ3) is 5.43. The summed E-state index contributed by atoms with van der Waals surface area (Å²) in [6.45, 7) is 0.327. The predicted molar refractivity (Wildman–Crippen MR) is 102 cm³/mol. The molecule has 5 N–H and O–H groups in total. The number of nitrogens with two attached hydrogens (primary N) is 2. The Morgan fingerprint density at radius 3 is 2.54 bits per heavy atom. The maximum atomic E-state index is 12.8. The lowest BCUT2D eigenvalue weighted by atomic mass is 10.2. The first-order valence-electron chi connectivity index (χ1n) is 7.78. The van der Waals surface area contributed by atoms with Gasteiger partial charge in [-0.05, 0) is 35.9 Å². The largest absolute Gasteiger partial charge is 0.454 e. The van der Waals surface area contributed by atoms with Crippen LogP contribution in [-0.2, 0) is 12.7 Å². The Kier molecular flexibility index (Phi) is 6.57. The monoisotopic (exact) mass is 415 g/mol. The smallest absolute Gasteiger partial charge is 0.416 e. The molecule has 2 aromatic carbocycles. The minimum absolute atomic E-state index is 0. The molecule has 0 saturated heterocycles. The zero-order chi connectivity index (χ0) is 19.4. The second-order valence-electron chi connectivity index (χ2n) is 5.57. The van der Waals surface area contributed by atoms with Crippen molar-refractivity contribution in [3.8, 4) is 11.5 Å². The van der Waals surface area contributed by atoms with Crippen LogP contribution in [0.4, 0.5) is 18.9 Å². The number of benzene rings is 2. The Hall–Kier alpha value is -3.14. The van der Waals surface area contributed by atoms with Crippen molar-refractivity contribution >= 4 is 30.0 Å². The number of nitrogens with one attached hydrogen (secondary N) is 1. The fourth-order valence-electron chi connectivity index (χ4n) is 2.33. The van der Waals surface area contributed by atoms with Gasteiger partial charge in [0, 0.05) is 5.69 Å². The molecule has 0 spiro atoms. The number of rotatable bonds is 3. The average molecular weight is 416 g/mol. The standard InChI is InChI=1S/C17H16F3N5O2.ClH/c18-17(19,20)11-2-1-3-12(7-11)24-16(25-15(21)22)23-8-10-4-5-13-14(6-10)27-9-26-13;/h1-7H,8-9H2,(H5,21,22,23,24,25);1H. The molecule has 1 heterocycles. The zero-order valence-corrected chi connectivity index (χ0v) is 15.2. The number of anilines is 1. The number of hydrogen-bond donors (Lipinski definition) is 3. The molecule has 1 aliphatic rings. The topological polar surface area (TPSA) is 107 Å². The second kappa shape index (κ2) is 8.70. The Morgan fingerprint density at radius 1 is 1.07 bits per heavy atom. The van der Waals surface area contributed by atoms with E-state index in [2.05, 4.69) is 15.3 Å². The lowest BCUT2D eigenvalue weighted by Gasteiger charge is -2.10. The molecule has 7 nitrogen and oxygen atoms in total. The van der Waals surface area contributed by atoms with E-state index in [-0.39, 0.29) is 43.4 Å². The van der Waals surface area contributed by atoms with Crippen LogP contribution in [0.15, 0.2) is 52.4 Å². The average Bonchev–Trinajstić information content (AvgIpc) is 3.06. The number of ether oxygens (including phenoxy) is 2. The van der Waals surface area contributed by atoms with Gasteiger partial charge in [-0.1, -0.05) is 12.1 Å². The molecule has 0 aromatic heterocycles. The Labute approximate surface area is 164 Å². The molecular weight excluding hydrogens is 399 g/mol. The third-order valence-corrected chi connectivity index (χ3v) is 3.53. The lowest BCUT2D eigenvalue weighted by molar-refractivity contribution is -0.137. The van der Waals surface area contributed by atoms with Gasteiger partial charge in [-0.2, -0.15) is 18.2 Å². The van der Waals surface area contributed by atoms with Crippen molar-refractivity contribution in [1.29, 1.82) is 0 Å². The number of nitrogens with zero attached hydrogens (tertiary/aromatic N) is 2. The number of hydrogen-bond acceptors (Lipinski definition) is 3. The third-order valence-electron chi connectivity index (χ3n) is 3.53. The summed E-state index contributed by atoms with van der Waals surface area (Å²) in [6.07, 6.45) is -4.46. The summed E-state index contributed by atoms with van der Waals surface area (Å²) in [6, 6.07) is 9.92. The zero-order valence-electron chi connectivity index (χ0n) is 14.4. The van der Waals surface area contributed by atoms with Gasteiger partial charge in [0.05, 0.1) is 12.1 Å². The number of fused-ring (bicyclic) bond motifs is 1. The molecule has 0 saturated carbocycles. The lowest BCUT2D eigenvalue weighted by Crippen LogP contribution is -2.26. The number of aliphatic imine (C=N–C) groups is 2. The van der Waals surface area contributed by atoms with Crippen molar-refractivity contribution in [2.45, 2.75) is 12.7 Å². The van der Waals surface area contributed by atoms with Crippen molar-refractivity contribution in [2.75, 3.05) is 12.1 Å². The van der Waals surface area contributed by atoms with Crippen LogP contribution in [0.1, 0.15) is 11.1 Å². The van der Waals surface area contributed by atoms with Crippen molar-refractivity contribution in [1.82, 2.24) is 0 Å². The highest BCUT2D eigenvalue weighted by Crippen LogP contribution is 2.33. The molecule has 0 aliphatic carbocycles. The summed E-state index contributed by atoms with van der Waals surface area (Å²) in [7, 11) is 0. The van der Waals surface area contributed by atoms with Crippen LogP contribution in [0.2, 0.25) is 0 Å². The van der Waals surface area contributed by atoms with Crippen molar-refractivity contribution in [3.05, 3.63) is 53.6 Å². The molecule has 0 unspecified atom stereocenters. The Bertz CT molecular complexity index is 899. The molecule has 1 aliphatic heterocycles. The molecule has 2 aromatic rings. The number of alkyl halides is 3. The van der Waals surface area contributed by atoms with Gasteiger partial charge in [-0.25, -0.2) is 4.99 Å². The minimum atomic E-state index is -4.46. The SMILES string of the molecule is Cl.NC(N)=NC(=NCc1ccc2c(c1)OCO2)Nc1cccc(C(F)(F)F)c1. The molecule has 28 heavy (non-hydrogen) atoms. The van der Waals surface area contributed by atoms with E-state index in [9.17, 15) is 13.2 Å². The summed E-state index contributed by atoms with van der Waals surface area (Å²) < 4.78 is 49.1. The summed E-state index contributed by atoms with van der Waals surface area (Å²) >= 11 is 0. The first-order valence-corrected chi connectivity index (χ1v) is 7.78. The van der Waals surface area contributed by atoms with Crippen LogP contribution in [-0.4, -0.2) is 18.7 Å². The van der Waals surface area contributed by atoms with Gasteiger partial charge in [0.1, 0.15) is 0 Å². The van der Waals surface area contributed by atoms with Gasteiger partial charge in [0.2, 0.25) is 12.8 Å². The molecular formula is C17H17ClF3N5O2. The molecule has 0 atom stereocenters. The number of halogens is 4. The molecule has 11 heteroatoms. The van der Waals surface area contributed by atoms with E-state index in [0.29, 0.717) is 11.5 Å². The fourth-order valence-corrected chi connectivity index (χ4v) is 2.33. The van der Waals surface area contributed by atoms with Crippen LogP contribution in [0.25, 0.3) is 0 Å². The first-order chi connectivity index (χ1) is 12.8. The highest BCUT2D eigenvalue weighted by molar-refractivity contribution is 6.01. The Morgan fingerprint density at radius 2 is 1.82 bits per heavy atom. The van der Waals surface area contributed by atoms with E-state index in [1.807, 2.05) is 0 Å². The summed E-state index contributed by atoms with van der Waals surface area (Å²) in [5.74, 6) is 0.928. The molecule has 0 bridgehead atoms. The highest BCUT2D eigenvalue weighted by Gasteiger charge is 2.30. The van der Waals surface area contributed by atoms with Crippen LogP contribution in [0.5, 0.6) is 11.5 Å². The number of guanidine groups is 2. The van der Waals surface area contributed by atoms with Gasteiger partial charge >= 0.3 is 6.18 Å². The van der Waals surface area contributed by atoms with Crippen LogP contribution < -0.4 is 26.3 Å². The molecule has 0 radical (unpaired) electrons. The van der Waals surface area contributed by atoms with E-state index in [1.54, 1.807) is 18.2 Å². The van der Waals surface area contributed by atoms with Gasteiger partial charge in [-0.15, -0.1) is 12.4 Å². The molecule has 3 rings (SSSR count). The minimum Gasteiger partial charge on any atom is -0.454 e. The summed E-state index contributed by atoms with van der Waals surface area (Å²) in [4.78, 5) is 8.05. The fraction of sp³-hybridized carbons (Fsp3) is 0.176. The van der Waals surface area contributed by atoms with Crippen molar-refractivity contribution in [3.63, 3.8) is 0 Å². The highest BCUT2D eigenvalue weighted by atomic mass is 35.5. The maximum Gasteiger partial charge on any atom is 0.416 e. The Balaban J connectivity index is 0.00000280. The van der Waals surface area contributed by atoms with Crippen LogP contribution in [0, 0.1) is 0 Å². The second-order valence-corrected chi connectivity index (χ2v) is 5.57. The van der Waals surface area contributed by atoms with E-state index >= 15 is 0 Å². The first kappa shape index (κ1) is 21.2. The van der Waals surface area contributed by atoms with Gasteiger partial charge < -0.3 is 26.3 Å². The van der Waals surface area contributed by atoms with Gasteiger partial charge in [-0.3, -0.25) is 0 Å². The summed E-state index contributed by atoms with van der Waals surface area (Å²) in [5.41, 5.74) is 10.9. The quantitative estimate of drug-likeness (QED) is 0.527. The van der Waals surface area contributed by atoms with Crippen LogP contribution in [0.3, 0.4) is 0 Å². The predicted octanol–water partition coefficient (Wildman–Crippen LogP) is 3.10. The van der Waals surface area contributed by atoms with E-state index in [0.717, 1.165) is 17.7 Å². The van der Waals surface area contributed by atoms with Crippen molar-refractivity contribution < 1.29 is 22.6 Å². The normalized spacial score (nSPS) is 12.9. The van der Waals surface area contributed by atoms with Gasteiger partial charge in [0.25, 0.3) is 0 Å².